The summed E-state index contributed by atoms with van der Waals surface area (Å²) in [6.45, 7) is 8.97. The number of nitrogens with one attached hydrogen (secondary N) is 1. The number of benzene rings is 1. The molecule has 2 aromatic rings. The molecule has 3 nitrogen and oxygen atoms in total. The minimum absolute atomic E-state index is 0.203. The molecule has 0 spiro atoms. The van der Waals surface area contributed by atoms with E-state index in [1.807, 2.05) is 32.0 Å². The smallest absolute Gasteiger partial charge is 0.138 e. The van der Waals surface area contributed by atoms with Crippen LogP contribution in [0.25, 0.3) is 0 Å². The fourth-order valence-electron chi connectivity index (χ4n) is 2.18. The van der Waals surface area contributed by atoms with Gasteiger partial charge in [0.1, 0.15) is 5.75 Å². The third-order valence-corrected chi connectivity index (χ3v) is 4.66. The van der Waals surface area contributed by atoms with Crippen LogP contribution in [0.1, 0.15) is 41.9 Å². The topological polar surface area (TPSA) is 34.1 Å². The monoisotopic (exact) mass is 324 g/mol. The van der Waals surface area contributed by atoms with E-state index in [-0.39, 0.29) is 6.04 Å². The van der Waals surface area contributed by atoms with Crippen molar-refractivity contribution in [3.63, 3.8) is 0 Å². The molecule has 21 heavy (non-hydrogen) atoms. The molecule has 0 aliphatic heterocycles. The van der Waals surface area contributed by atoms with Gasteiger partial charge in [0.15, 0.2) is 0 Å². The number of thiazole rings is 1. The summed E-state index contributed by atoms with van der Waals surface area (Å²) < 4.78 is 5.59. The van der Waals surface area contributed by atoms with Crippen molar-refractivity contribution in [1.82, 2.24) is 4.98 Å². The van der Waals surface area contributed by atoms with Crippen LogP contribution in [0.2, 0.25) is 5.02 Å². The summed E-state index contributed by atoms with van der Waals surface area (Å²) in [4.78, 5) is 5.73. The molecule has 0 aliphatic carbocycles. The van der Waals surface area contributed by atoms with Gasteiger partial charge in [-0.15, -0.1) is 11.3 Å². The van der Waals surface area contributed by atoms with Gasteiger partial charge in [-0.1, -0.05) is 18.5 Å². The molecule has 0 bridgehead atoms. The van der Waals surface area contributed by atoms with Gasteiger partial charge in [-0.25, -0.2) is 4.98 Å². The van der Waals surface area contributed by atoms with Crippen molar-refractivity contribution in [3.8, 4) is 5.75 Å². The van der Waals surface area contributed by atoms with Gasteiger partial charge < -0.3 is 10.1 Å². The zero-order chi connectivity index (χ0) is 15.4. The largest absolute Gasteiger partial charge is 0.492 e. The van der Waals surface area contributed by atoms with Crippen LogP contribution in [0.15, 0.2) is 18.2 Å². The van der Waals surface area contributed by atoms with Crippen molar-refractivity contribution in [2.75, 3.05) is 11.9 Å². The predicted molar refractivity (Wildman–Crippen MR) is 90.9 cm³/mol. The Balaban J connectivity index is 2.09. The average Bonchev–Trinajstić information content (AvgIpc) is 2.77. The summed E-state index contributed by atoms with van der Waals surface area (Å²) in [5.74, 6) is 0.738. The zero-order valence-corrected chi connectivity index (χ0v) is 14.4. The van der Waals surface area contributed by atoms with E-state index in [0.29, 0.717) is 11.6 Å². The number of halogens is 1. The maximum Gasteiger partial charge on any atom is 0.138 e. The third kappa shape index (κ3) is 4.11. The van der Waals surface area contributed by atoms with Crippen LogP contribution >= 0.6 is 22.9 Å². The first-order valence-electron chi connectivity index (χ1n) is 7.14. The van der Waals surface area contributed by atoms with E-state index in [1.54, 1.807) is 11.3 Å². The van der Waals surface area contributed by atoms with Gasteiger partial charge in [-0.05, 0) is 45.4 Å². The fraction of sp³-hybridized carbons (Fsp3) is 0.438. The first-order valence-corrected chi connectivity index (χ1v) is 8.33. The maximum atomic E-state index is 6.26. The van der Waals surface area contributed by atoms with Gasteiger partial charge in [0.2, 0.25) is 0 Å². The van der Waals surface area contributed by atoms with Crippen LogP contribution in [0.4, 0.5) is 5.69 Å². The SMILES string of the molecule is CCCOc1ccc(NC(C)c2sc(C)nc2C)cc1Cl. The van der Waals surface area contributed by atoms with E-state index in [4.69, 9.17) is 16.3 Å². The van der Waals surface area contributed by atoms with Crippen molar-refractivity contribution in [3.05, 3.63) is 38.8 Å². The van der Waals surface area contributed by atoms with E-state index < -0.39 is 0 Å². The minimum atomic E-state index is 0.203. The van der Waals surface area contributed by atoms with Gasteiger partial charge in [-0.2, -0.15) is 0 Å². The highest BCUT2D eigenvalue weighted by Crippen LogP contribution is 2.31. The molecule has 0 fully saturated rings. The Morgan fingerprint density at radius 2 is 2.14 bits per heavy atom. The molecule has 0 radical (unpaired) electrons. The second kappa shape index (κ2) is 7.14. The number of aryl methyl sites for hydroxylation is 2. The minimum Gasteiger partial charge on any atom is -0.492 e. The molecular weight excluding hydrogens is 304 g/mol. The molecule has 1 aromatic carbocycles. The third-order valence-electron chi connectivity index (χ3n) is 3.11. The number of rotatable bonds is 6. The summed E-state index contributed by atoms with van der Waals surface area (Å²) in [5, 5.41) is 5.20. The Kier molecular flexibility index (Phi) is 5.48. The Labute approximate surface area is 135 Å². The first kappa shape index (κ1) is 16.1. The number of anilines is 1. The van der Waals surface area contributed by atoms with E-state index in [1.165, 1.54) is 4.88 Å². The Hall–Kier alpha value is -1.26. The second-order valence-electron chi connectivity index (χ2n) is 5.04. The molecule has 1 atom stereocenters. The lowest BCUT2D eigenvalue weighted by Crippen LogP contribution is -2.06. The molecule has 2 rings (SSSR count). The molecule has 0 aliphatic rings. The molecule has 1 heterocycles. The van der Waals surface area contributed by atoms with Crippen molar-refractivity contribution in [2.45, 2.75) is 40.2 Å². The van der Waals surface area contributed by atoms with E-state index in [0.717, 1.165) is 28.6 Å². The first-order chi connectivity index (χ1) is 10.0. The standard InChI is InChI=1S/C16H21ClN2OS/c1-5-8-20-15-7-6-13(9-14(15)17)19-11(3)16-10(2)18-12(4)21-16/h6-7,9,11,19H,5,8H2,1-4H3. The fourth-order valence-corrected chi connectivity index (χ4v) is 3.35. The Bertz CT molecular complexity index is 612. The quantitative estimate of drug-likeness (QED) is 0.775. The van der Waals surface area contributed by atoms with Crippen molar-refractivity contribution in [2.24, 2.45) is 0 Å². The number of hydrogen-bond donors (Lipinski definition) is 1. The molecule has 1 N–H and O–H groups in total. The molecule has 114 valence electrons. The Morgan fingerprint density at radius 3 is 2.71 bits per heavy atom. The van der Waals surface area contributed by atoms with Crippen molar-refractivity contribution < 1.29 is 4.74 Å². The van der Waals surface area contributed by atoms with Crippen LogP contribution in [-0.4, -0.2) is 11.6 Å². The predicted octanol–water partition coefficient (Wildman–Crippen LogP) is 5.38. The van der Waals surface area contributed by atoms with E-state index >= 15 is 0 Å². The summed E-state index contributed by atoms with van der Waals surface area (Å²) in [7, 11) is 0. The highest BCUT2D eigenvalue weighted by molar-refractivity contribution is 7.11. The van der Waals surface area contributed by atoms with Crippen molar-refractivity contribution in [1.29, 1.82) is 0 Å². The lowest BCUT2D eigenvalue weighted by molar-refractivity contribution is 0.317. The number of hydrogen-bond acceptors (Lipinski definition) is 4. The average molecular weight is 325 g/mol. The molecule has 0 saturated carbocycles. The number of aromatic nitrogens is 1. The molecule has 1 aromatic heterocycles. The molecular formula is C16H21ClN2OS. The summed E-state index contributed by atoms with van der Waals surface area (Å²) in [6, 6.07) is 6.02. The van der Waals surface area contributed by atoms with E-state index in [2.05, 4.69) is 24.1 Å². The maximum absolute atomic E-state index is 6.26. The normalized spacial score (nSPS) is 12.2. The lowest BCUT2D eigenvalue weighted by atomic mass is 10.2. The number of nitrogens with zero attached hydrogens (tertiary/aromatic N) is 1. The van der Waals surface area contributed by atoms with Crippen LogP contribution in [0.5, 0.6) is 5.75 Å². The summed E-state index contributed by atoms with van der Waals surface area (Å²) in [5.41, 5.74) is 2.08. The molecule has 0 saturated heterocycles. The van der Waals surface area contributed by atoms with Crippen LogP contribution in [-0.2, 0) is 0 Å². The van der Waals surface area contributed by atoms with Crippen LogP contribution < -0.4 is 10.1 Å². The lowest BCUT2D eigenvalue weighted by Gasteiger charge is -2.15. The second-order valence-corrected chi connectivity index (χ2v) is 6.68. The molecule has 0 amide bonds. The zero-order valence-electron chi connectivity index (χ0n) is 12.9. The van der Waals surface area contributed by atoms with Gasteiger partial charge in [0, 0.05) is 10.6 Å². The van der Waals surface area contributed by atoms with Crippen LogP contribution in [0, 0.1) is 13.8 Å². The van der Waals surface area contributed by atoms with E-state index in [9.17, 15) is 0 Å². The van der Waals surface area contributed by atoms with Gasteiger partial charge in [-0.3, -0.25) is 0 Å². The summed E-state index contributed by atoms with van der Waals surface area (Å²) in [6.07, 6.45) is 0.970. The van der Waals surface area contributed by atoms with Gasteiger partial charge in [0.25, 0.3) is 0 Å². The summed E-state index contributed by atoms with van der Waals surface area (Å²) >= 11 is 7.98. The molecule has 5 heteroatoms. The van der Waals surface area contributed by atoms with Gasteiger partial charge >= 0.3 is 0 Å². The molecule has 1 unspecified atom stereocenters. The highest BCUT2D eigenvalue weighted by Gasteiger charge is 2.13. The van der Waals surface area contributed by atoms with Crippen LogP contribution in [0.3, 0.4) is 0 Å². The van der Waals surface area contributed by atoms with Gasteiger partial charge in [0.05, 0.1) is 28.4 Å². The van der Waals surface area contributed by atoms with Crippen molar-refractivity contribution >= 4 is 28.6 Å². The Morgan fingerprint density at radius 1 is 1.38 bits per heavy atom. The highest BCUT2D eigenvalue weighted by atomic mass is 35.5. The number of ether oxygens (including phenoxy) is 1.